The highest BCUT2D eigenvalue weighted by Crippen LogP contribution is 2.54. The molecule has 0 radical (unpaired) electrons. The Kier molecular flexibility index (Phi) is 5.57. The van der Waals surface area contributed by atoms with E-state index in [-0.39, 0.29) is 31.5 Å². The van der Waals surface area contributed by atoms with Crippen LogP contribution in [-0.4, -0.2) is 23.6 Å². The van der Waals surface area contributed by atoms with Gasteiger partial charge in [0.05, 0.1) is 55.1 Å². The van der Waals surface area contributed by atoms with Crippen molar-refractivity contribution in [3.05, 3.63) is 80.8 Å². The van der Waals surface area contributed by atoms with Crippen LogP contribution in [0.1, 0.15) is 0 Å². The van der Waals surface area contributed by atoms with Gasteiger partial charge in [-0.1, -0.05) is 82.8 Å². The summed E-state index contributed by atoms with van der Waals surface area (Å²) in [7, 11) is 0. The van der Waals surface area contributed by atoms with Crippen LogP contribution >= 0.6 is 46.4 Å². The summed E-state index contributed by atoms with van der Waals surface area (Å²) in [5, 5.41) is 0.649. The lowest BCUT2D eigenvalue weighted by atomic mass is 9.55. The van der Waals surface area contributed by atoms with Crippen molar-refractivity contribution in [1.29, 1.82) is 0 Å². The second-order valence-electron chi connectivity index (χ2n) is 9.20. The third kappa shape index (κ3) is 3.18. The molecule has 0 N–H and O–H groups in total. The zero-order valence-corrected chi connectivity index (χ0v) is 21.3. The van der Waals surface area contributed by atoms with Gasteiger partial charge in [0.1, 0.15) is 0 Å². The zero-order chi connectivity index (χ0) is 25.5. The van der Waals surface area contributed by atoms with Gasteiger partial charge in [-0.15, -0.1) is 0 Å². The topological polar surface area (TPSA) is 74.8 Å². The Morgan fingerprint density at radius 2 is 0.806 bits per heavy atom. The Labute approximate surface area is 226 Å². The SMILES string of the molecule is O=C1C2C=CC3C(=O)N(c4cccc(Cl)c4Cl)C(=O)C4C=CC(C(=O)N1c1cccc(Cl)c1Cl)C2C34. The van der Waals surface area contributed by atoms with E-state index in [4.69, 9.17) is 46.4 Å². The van der Waals surface area contributed by atoms with Crippen LogP contribution in [0.3, 0.4) is 0 Å². The lowest BCUT2D eigenvalue weighted by Crippen LogP contribution is -2.64. The van der Waals surface area contributed by atoms with E-state index in [1.54, 1.807) is 60.7 Å². The molecule has 10 heteroatoms. The van der Waals surface area contributed by atoms with E-state index in [0.717, 1.165) is 9.80 Å². The first-order chi connectivity index (χ1) is 17.2. The smallest absolute Gasteiger partial charge is 0.241 e. The minimum absolute atomic E-state index is 0.103. The number of piperidine rings is 2. The summed E-state index contributed by atoms with van der Waals surface area (Å²) in [4.78, 5) is 56.7. The van der Waals surface area contributed by atoms with Crippen molar-refractivity contribution in [3.8, 4) is 0 Å². The van der Waals surface area contributed by atoms with Crippen molar-refractivity contribution in [3.63, 3.8) is 0 Å². The number of imide groups is 2. The number of amides is 4. The molecule has 2 aliphatic carbocycles. The van der Waals surface area contributed by atoms with Crippen LogP contribution in [0.25, 0.3) is 0 Å². The van der Waals surface area contributed by atoms with Crippen LogP contribution in [0, 0.1) is 35.5 Å². The van der Waals surface area contributed by atoms with E-state index >= 15 is 0 Å². The van der Waals surface area contributed by atoms with Crippen LogP contribution < -0.4 is 9.80 Å². The summed E-state index contributed by atoms with van der Waals surface area (Å²) in [6.45, 7) is 0. The number of hydrogen-bond donors (Lipinski definition) is 0. The predicted octanol–water partition coefficient (Wildman–Crippen LogP) is 5.58. The first kappa shape index (κ1) is 23.7. The van der Waals surface area contributed by atoms with Crippen molar-refractivity contribution >= 4 is 81.4 Å². The lowest BCUT2D eigenvalue weighted by molar-refractivity contribution is -0.148. The molecule has 2 aliphatic heterocycles. The number of nitrogens with zero attached hydrogens (tertiary/aromatic N) is 2. The molecular weight excluding hydrogens is 546 g/mol. The average Bonchev–Trinajstić information content (AvgIpc) is 2.86. The number of rotatable bonds is 2. The van der Waals surface area contributed by atoms with Gasteiger partial charge >= 0.3 is 0 Å². The number of hydrogen-bond acceptors (Lipinski definition) is 4. The highest BCUT2D eigenvalue weighted by molar-refractivity contribution is 6.45. The second kappa shape index (κ2) is 8.45. The van der Waals surface area contributed by atoms with Gasteiger partial charge in [0.15, 0.2) is 0 Å². The fraction of sp³-hybridized carbons (Fsp3) is 0.231. The molecule has 2 heterocycles. The van der Waals surface area contributed by atoms with Crippen LogP contribution in [0.5, 0.6) is 0 Å². The molecule has 182 valence electrons. The summed E-state index contributed by atoms with van der Waals surface area (Å²) in [5.74, 6) is -5.79. The number of anilines is 2. The van der Waals surface area contributed by atoms with E-state index in [0.29, 0.717) is 0 Å². The molecule has 4 aliphatic rings. The van der Waals surface area contributed by atoms with Gasteiger partial charge in [-0.3, -0.25) is 19.2 Å². The third-order valence-electron chi connectivity index (χ3n) is 7.52. The van der Waals surface area contributed by atoms with Gasteiger partial charge in [-0.2, -0.15) is 0 Å². The maximum absolute atomic E-state index is 13.6. The fourth-order valence-corrected chi connectivity index (χ4v) is 6.76. The largest absolute Gasteiger partial charge is 0.273 e. The Balaban J connectivity index is 1.45. The van der Waals surface area contributed by atoms with Gasteiger partial charge in [0, 0.05) is 0 Å². The molecule has 4 atom stereocenters. The molecule has 4 unspecified atom stereocenters. The van der Waals surface area contributed by atoms with E-state index in [2.05, 4.69) is 0 Å². The zero-order valence-electron chi connectivity index (χ0n) is 18.3. The normalized spacial score (nSPS) is 30.7. The van der Waals surface area contributed by atoms with Gasteiger partial charge in [0.25, 0.3) is 0 Å². The molecular formula is C26H16Cl4N2O4. The van der Waals surface area contributed by atoms with Crippen LogP contribution in [0.15, 0.2) is 60.7 Å². The van der Waals surface area contributed by atoms with Crippen molar-refractivity contribution in [2.75, 3.05) is 9.80 Å². The minimum atomic E-state index is -0.710. The van der Waals surface area contributed by atoms with Gasteiger partial charge in [0.2, 0.25) is 23.6 Å². The molecule has 6 nitrogen and oxygen atoms in total. The first-order valence-electron chi connectivity index (χ1n) is 11.2. The van der Waals surface area contributed by atoms with E-state index in [1.165, 1.54) is 0 Å². The highest BCUT2D eigenvalue weighted by Gasteiger charge is 2.61. The van der Waals surface area contributed by atoms with Crippen molar-refractivity contribution in [2.24, 2.45) is 35.5 Å². The Hall–Kier alpha value is -2.64. The average molecular weight is 562 g/mol. The maximum atomic E-state index is 13.6. The van der Waals surface area contributed by atoms with Crippen molar-refractivity contribution in [1.82, 2.24) is 0 Å². The molecule has 2 fully saturated rings. The van der Waals surface area contributed by atoms with Crippen molar-refractivity contribution < 1.29 is 19.2 Å². The summed E-state index contributed by atoms with van der Waals surface area (Å²) in [5.41, 5.74) is 0.419. The number of benzene rings is 2. The highest BCUT2D eigenvalue weighted by atomic mass is 35.5. The quantitative estimate of drug-likeness (QED) is 0.354. The number of carbonyl (C=O) groups excluding carboxylic acids is 4. The molecule has 0 bridgehead atoms. The maximum Gasteiger partial charge on any atom is 0.241 e. The van der Waals surface area contributed by atoms with Crippen LogP contribution in [0.2, 0.25) is 20.1 Å². The fourth-order valence-electron chi connectivity index (χ4n) is 6.00. The number of halogens is 4. The molecule has 0 aromatic heterocycles. The summed E-state index contributed by atoms with van der Waals surface area (Å²) in [6.07, 6.45) is 6.67. The first-order valence-corrected chi connectivity index (χ1v) is 12.7. The molecule has 36 heavy (non-hydrogen) atoms. The summed E-state index contributed by atoms with van der Waals surface area (Å²) >= 11 is 25.0. The molecule has 2 saturated heterocycles. The third-order valence-corrected chi connectivity index (χ3v) is 9.14. The van der Waals surface area contributed by atoms with Gasteiger partial charge < -0.3 is 0 Å². The molecule has 2 aromatic rings. The Morgan fingerprint density at radius 3 is 1.11 bits per heavy atom. The van der Waals surface area contributed by atoms with Gasteiger partial charge in [-0.05, 0) is 36.1 Å². The monoisotopic (exact) mass is 560 g/mol. The molecule has 0 saturated carbocycles. The van der Waals surface area contributed by atoms with Crippen LogP contribution in [0.4, 0.5) is 11.4 Å². The van der Waals surface area contributed by atoms with Crippen molar-refractivity contribution in [2.45, 2.75) is 0 Å². The van der Waals surface area contributed by atoms with E-state index in [9.17, 15) is 19.2 Å². The Morgan fingerprint density at radius 1 is 0.500 bits per heavy atom. The van der Waals surface area contributed by atoms with Gasteiger partial charge in [-0.25, -0.2) is 9.80 Å². The lowest BCUT2D eigenvalue weighted by Gasteiger charge is -2.53. The van der Waals surface area contributed by atoms with Crippen LogP contribution in [-0.2, 0) is 19.2 Å². The molecule has 2 aromatic carbocycles. The summed E-state index contributed by atoms with van der Waals surface area (Å²) in [6, 6.07) is 9.50. The molecule has 0 spiro atoms. The molecule has 4 amide bonds. The predicted molar refractivity (Wildman–Crippen MR) is 137 cm³/mol. The minimum Gasteiger partial charge on any atom is -0.273 e. The standard InChI is InChI=1S/C26H16Cl4N2O4/c27-15-3-1-5-17(21(15)29)31-23(33)11-7-9-13-20-14(10-8-12(19(11)20)24(31)34)26(36)32(25(13)35)18-6-2-4-16(28)22(18)30/h1-14,19-20H. The molecule has 6 rings (SSSR count). The van der Waals surface area contributed by atoms with E-state index < -0.39 is 59.1 Å². The van der Waals surface area contributed by atoms with E-state index in [1.807, 2.05) is 0 Å². The number of carbonyl (C=O) groups is 4. The second-order valence-corrected chi connectivity index (χ2v) is 10.8. The summed E-state index contributed by atoms with van der Waals surface area (Å²) < 4.78 is 0. The Bertz CT molecular complexity index is 1280.